The molecule has 1 heterocycles. The van der Waals surface area contributed by atoms with Gasteiger partial charge in [-0.1, -0.05) is 54.6 Å². The molecule has 3 nitrogen and oxygen atoms in total. The maximum absolute atomic E-state index is 12.5. The van der Waals surface area contributed by atoms with E-state index in [9.17, 15) is 4.79 Å². The first kappa shape index (κ1) is 14.8. The third-order valence-electron chi connectivity index (χ3n) is 4.18. The molecule has 114 valence electrons. The second kappa shape index (κ2) is 6.75. The predicted molar refractivity (Wildman–Crippen MR) is 86.4 cm³/mol. The molecule has 0 aromatic heterocycles. The van der Waals surface area contributed by atoms with Crippen LogP contribution in [0.2, 0.25) is 0 Å². The molecule has 3 rings (SSSR count). The Morgan fingerprint density at radius 1 is 1.14 bits per heavy atom. The Morgan fingerprint density at radius 3 is 2.55 bits per heavy atom. The van der Waals surface area contributed by atoms with E-state index in [1.807, 2.05) is 30.3 Å². The number of hydrogen-bond acceptors (Lipinski definition) is 2. The molecule has 3 heteroatoms. The Kier molecular flexibility index (Phi) is 4.54. The van der Waals surface area contributed by atoms with Crippen molar-refractivity contribution in [3.8, 4) is 0 Å². The van der Waals surface area contributed by atoms with Gasteiger partial charge in [-0.25, -0.2) is 5.06 Å². The van der Waals surface area contributed by atoms with Gasteiger partial charge >= 0.3 is 0 Å². The molecular weight excluding hydrogens is 274 g/mol. The zero-order valence-electron chi connectivity index (χ0n) is 12.9. The Labute approximate surface area is 131 Å². The fourth-order valence-electron chi connectivity index (χ4n) is 2.99. The molecule has 0 radical (unpaired) electrons. The zero-order valence-corrected chi connectivity index (χ0v) is 12.9. The van der Waals surface area contributed by atoms with E-state index in [0.717, 1.165) is 6.42 Å². The first-order valence-corrected chi connectivity index (χ1v) is 7.79. The molecule has 1 atom stereocenters. The number of aryl methyl sites for hydroxylation is 1. The molecule has 1 fully saturated rings. The summed E-state index contributed by atoms with van der Waals surface area (Å²) in [5, 5.41) is 1.52. The summed E-state index contributed by atoms with van der Waals surface area (Å²) < 4.78 is 0. The molecule has 1 saturated heterocycles. The first-order valence-electron chi connectivity index (χ1n) is 7.79. The summed E-state index contributed by atoms with van der Waals surface area (Å²) >= 11 is 0. The number of rotatable bonds is 4. The smallest absolute Gasteiger partial charge is 0.247 e. The van der Waals surface area contributed by atoms with Crippen molar-refractivity contribution in [3.05, 3.63) is 71.3 Å². The number of amides is 1. The highest BCUT2D eigenvalue weighted by Crippen LogP contribution is 2.31. The molecule has 0 N–H and O–H groups in total. The Balaban J connectivity index is 1.90. The van der Waals surface area contributed by atoms with Crippen molar-refractivity contribution in [1.29, 1.82) is 0 Å². The fraction of sp³-hybridized carbons (Fsp3) is 0.316. The van der Waals surface area contributed by atoms with Crippen LogP contribution in [0.5, 0.6) is 0 Å². The molecule has 1 amide bonds. The molecule has 0 saturated carbocycles. The van der Waals surface area contributed by atoms with Crippen molar-refractivity contribution >= 4 is 5.91 Å². The minimum absolute atomic E-state index is 0.0645. The van der Waals surface area contributed by atoms with Gasteiger partial charge in [0.1, 0.15) is 0 Å². The van der Waals surface area contributed by atoms with Gasteiger partial charge < -0.3 is 0 Å². The Morgan fingerprint density at radius 2 is 1.86 bits per heavy atom. The summed E-state index contributed by atoms with van der Waals surface area (Å²) in [5.41, 5.74) is 3.59. The van der Waals surface area contributed by atoms with E-state index < -0.39 is 0 Å². The summed E-state index contributed by atoms with van der Waals surface area (Å²) in [7, 11) is 0. The molecule has 0 unspecified atom stereocenters. The van der Waals surface area contributed by atoms with E-state index in [0.29, 0.717) is 19.6 Å². The van der Waals surface area contributed by atoms with Crippen LogP contribution in [-0.2, 0) is 9.63 Å². The predicted octanol–water partition coefficient (Wildman–Crippen LogP) is 3.68. The minimum Gasteiger partial charge on any atom is -0.273 e. The van der Waals surface area contributed by atoms with E-state index in [1.165, 1.54) is 21.8 Å². The van der Waals surface area contributed by atoms with Gasteiger partial charge in [0.15, 0.2) is 0 Å². The summed E-state index contributed by atoms with van der Waals surface area (Å²) in [6.07, 6.45) is 1.36. The third kappa shape index (κ3) is 3.20. The van der Waals surface area contributed by atoms with Crippen molar-refractivity contribution in [2.24, 2.45) is 0 Å². The van der Waals surface area contributed by atoms with Crippen LogP contribution in [0.25, 0.3) is 0 Å². The van der Waals surface area contributed by atoms with E-state index in [2.05, 4.69) is 31.2 Å². The van der Waals surface area contributed by atoms with E-state index in [-0.39, 0.29) is 11.8 Å². The lowest BCUT2D eigenvalue weighted by Crippen LogP contribution is -2.28. The van der Waals surface area contributed by atoms with Crippen molar-refractivity contribution in [3.63, 3.8) is 0 Å². The lowest BCUT2D eigenvalue weighted by Gasteiger charge is -2.22. The van der Waals surface area contributed by atoms with Crippen LogP contribution < -0.4 is 0 Å². The van der Waals surface area contributed by atoms with Crippen molar-refractivity contribution in [2.75, 3.05) is 13.2 Å². The summed E-state index contributed by atoms with van der Waals surface area (Å²) in [6.45, 7) is 3.45. The van der Waals surface area contributed by atoms with Crippen LogP contribution in [0.4, 0.5) is 0 Å². The lowest BCUT2D eigenvalue weighted by molar-refractivity contribution is -0.168. The van der Waals surface area contributed by atoms with E-state index in [4.69, 9.17) is 4.84 Å². The quantitative estimate of drug-likeness (QED) is 0.861. The van der Waals surface area contributed by atoms with Gasteiger partial charge in [0.05, 0.1) is 13.2 Å². The van der Waals surface area contributed by atoms with E-state index in [1.54, 1.807) is 0 Å². The molecule has 2 aromatic carbocycles. The number of hydrogen-bond donors (Lipinski definition) is 0. The minimum atomic E-state index is 0.0645. The lowest BCUT2D eigenvalue weighted by atomic mass is 9.86. The first-order chi connectivity index (χ1) is 10.8. The topological polar surface area (TPSA) is 29.5 Å². The number of carbonyl (C=O) groups is 1. The number of carbonyl (C=O) groups excluding carboxylic acids is 1. The maximum Gasteiger partial charge on any atom is 0.247 e. The zero-order chi connectivity index (χ0) is 15.4. The van der Waals surface area contributed by atoms with Gasteiger partial charge in [0.2, 0.25) is 5.91 Å². The highest BCUT2D eigenvalue weighted by atomic mass is 16.7. The van der Waals surface area contributed by atoms with Gasteiger partial charge in [0.25, 0.3) is 0 Å². The average molecular weight is 295 g/mol. The molecular formula is C19H21NO2. The number of hydroxylamine groups is 2. The monoisotopic (exact) mass is 295 g/mol. The largest absolute Gasteiger partial charge is 0.273 e. The molecule has 1 aliphatic rings. The third-order valence-corrected chi connectivity index (χ3v) is 4.18. The SMILES string of the molecule is Cc1ccccc1[C@H](CC(=O)N1CCCO1)c1ccccc1. The molecule has 1 aliphatic heterocycles. The number of nitrogens with zero attached hydrogens (tertiary/aromatic N) is 1. The van der Waals surface area contributed by atoms with E-state index >= 15 is 0 Å². The second-order valence-corrected chi connectivity index (χ2v) is 5.71. The highest BCUT2D eigenvalue weighted by Gasteiger charge is 2.25. The van der Waals surface area contributed by atoms with Crippen molar-refractivity contribution in [2.45, 2.75) is 25.7 Å². The summed E-state index contributed by atoms with van der Waals surface area (Å²) in [6, 6.07) is 18.5. The van der Waals surface area contributed by atoms with Crippen LogP contribution in [0.3, 0.4) is 0 Å². The molecule has 0 bridgehead atoms. The Hall–Kier alpha value is -2.13. The fourth-order valence-corrected chi connectivity index (χ4v) is 2.99. The highest BCUT2D eigenvalue weighted by molar-refractivity contribution is 5.77. The molecule has 22 heavy (non-hydrogen) atoms. The van der Waals surface area contributed by atoms with Crippen LogP contribution in [-0.4, -0.2) is 24.1 Å². The van der Waals surface area contributed by atoms with Gasteiger partial charge in [-0.2, -0.15) is 0 Å². The van der Waals surface area contributed by atoms with Crippen molar-refractivity contribution in [1.82, 2.24) is 5.06 Å². The van der Waals surface area contributed by atoms with Gasteiger partial charge in [-0.15, -0.1) is 0 Å². The number of benzene rings is 2. The second-order valence-electron chi connectivity index (χ2n) is 5.71. The van der Waals surface area contributed by atoms with Gasteiger partial charge in [-0.3, -0.25) is 9.63 Å². The summed E-state index contributed by atoms with van der Waals surface area (Å²) in [4.78, 5) is 17.9. The van der Waals surface area contributed by atoms with Crippen LogP contribution in [0.1, 0.15) is 35.4 Å². The normalized spacial score (nSPS) is 15.8. The van der Waals surface area contributed by atoms with Crippen LogP contribution in [0.15, 0.2) is 54.6 Å². The maximum atomic E-state index is 12.5. The van der Waals surface area contributed by atoms with Crippen LogP contribution in [0, 0.1) is 6.92 Å². The molecule has 0 aliphatic carbocycles. The van der Waals surface area contributed by atoms with Crippen LogP contribution >= 0.6 is 0 Å². The molecule has 0 spiro atoms. The molecule has 2 aromatic rings. The summed E-state index contributed by atoms with van der Waals surface area (Å²) in [5.74, 6) is 0.133. The van der Waals surface area contributed by atoms with Crippen molar-refractivity contribution < 1.29 is 9.63 Å². The average Bonchev–Trinajstić information content (AvgIpc) is 3.09. The Bertz CT molecular complexity index is 633. The van der Waals surface area contributed by atoms with Gasteiger partial charge in [0, 0.05) is 12.3 Å². The standard InChI is InChI=1S/C19H21NO2/c1-15-8-5-6-11-17(15)18(16-9-3-2-4-10-16)14-19(21)20-12-7-13-22-20/h2-6,8-11,18H,7,12-14H2,1H3/t18-/m1/s1. The van der Waals surface area contributed by atoms with Gasteiger partial charge in [-0.05, 0) is 30.0 Å².